The van der Waals surface area contributed by atoms with Crippen LogP contribution in [0.4, 0.5) is 21.8 Å². The molecule has 7 heteroatoms. The molecule has 28 heavy (non-hydrogen) atoms. The Morgan fingerprint density at radius 3 is 2.93 bits per heavy atom. The Morgan fingerprint density at radius 1 is 1.36 bits per heavy atom. The number of aromatic nitrogens is 2. The minimum absolute atomic E-state index is 0.176. The summed E-state index contributed by atoms with van der Waals surface area (Å²) < 4.78 is 13.9. The third-order valence-corrected chi connectivity index (χ3v) is 6.28. The van der Waals surface area contributed by atoms with Gasteiger partial charge in [-0.25, -0.2) is 9.37 Å². The van der Waals surface area contributed by atoms with Crippen LogP contribution in [0.5, 0.6) is 0 Å². The van der Waals surface area contributed by atoms with Crippen molar-refractivity contribution in [3.8, 4) is 0 Å². The van der Waals surface area contributed by atoms with Crippen molar-refractivity contribution < 1.29 is 4.39 Å². The number of rotatable bonds is 5. The zero-order valence-corrected chi connectivity index (χ0v) is 16.3. The standard InChI is InChI=1S/C21H27FN6/c1-2-24-19-14(10-25-20(26-19)27-8-5-16(23)12-27)11-28-13-21(6-7-21)17-4-3-15(22)9-18(17)28/h3-4,9-10,16H,2,5-8,11-13,23H2,1H3,(H,24,25,26). The number of anilines is 3. The predicted octanol–water partition coefficient (Wildman–Crippen LogP) is 2.64. The number of nitrogens with one attached hydrogen (secondary N) is 1. The Kier molecular flexibility index (Phi) is 4.16. The first-order valence-corrected chi connectivity index (χ1v) is 10.2. The Balaban J connectivity index is 1.43. The smallest absolute Gasteiger partial charge is 0.227 e. The van der Waals surface area contributed by atoms with Gasteiger partial charge in [0.05, 0.1) is 0 Å². The second-order valence-corrected chi connectivity index (χ2v) is 8.37. The van der Waals surface area contributed by atoms with Gasteiger partial charge < -0.3 is 20.9 Å². The number of hydrogen-bond acceptors (Lipinski definition) is 6. The number of benzene rings is 1. The molecule has 0 bridgehead atoms. The summed E-state index contributed by atoms with van der Waals surface area (Å²) in [4.78, 5) is 13.9. The number of hydrogen-bond donors (Lipinski definition) is 2. The summed E-state index contributed by atoms with van der Waals surface area (Å²) in [5.74, 6) is 1.42. The summed E-state index contributed by atoms with van der Waals surface area (Å²) in [5, 5.41) is 3.39. The normalized spacial score (nSPS) is 22.0. The summed E-state index contributed by atoms with van der Waals surface area (Å²) in [6.07, 6.45) is 5.26. The second kappa shape index (κ2) is 6.58. The van der Waals surface area contributed by atoms with Crippen molar-refractivity contribution in [1.82, 2.24) is 9.97 Å². The van der Waals surface area contributed by atoms with Gasteiger partial charge in [-0.15, -0.1) is 0 Å². The fourth-order valence-corrected chi connectivity index (χ4v) is 4.63. The maximum Gasteiger partial charge on any atom is 0.227 e. The van der Waals surface area contributed by atoms with Crippen LogP contribution in [0.3, 0.4) is 0 Å². The first kappa shape index (κ1) is 17.7. The summed E-state index contributed by atoms with van der Waals surface area (Å²) in [5.41, 5.74) is 9.63. The molecular formula is C21H27FN6. The molecule has 2 aliphatic heterocycles. The fraction of sp³-hybridized carbons (Fsp3) is 0.524. The highest BCUT2D eigenvalue weighted by Gasteiger charge is 2.51. The molecular weight excluding hydrogens is 355 g/mol. The molecule has 0 amide bonds. The zero-order valence-electron chi connectivity index (χ0n) is 16.3. The molecule has 1 aromatic carbocycles. The molecule has 1 spiro atoms. The Labute approximate surface area is 164 Å². The summed E-state index contributed by atoms with van der Waals surface area (Å²) in [6.45, 7) is 6.18. The molecule has 3 N–H and O–H groups in total. The van der Waals surface area contributed by atoms with Crippen molar-refractivity contribution >= 4 is 17.5 Å². The van der Waals surface area contributed by atoms with Gasteiger partial charge in [0.2, 0.25) is 5.95 Å². The van der Waals surface area contributed by atoms with E-state index in [-0.39, 0.29) is 17.3 Å². The molecule has 0 radical (unpaired) electrons. The molecule has 1 aliphatic carbocycles. The molecule has 3 heterocycles. The van der Waals surface area contributed by atoms with Crippen molar-refractivity contribution in [2.24, 2.45) is 5.73 Å². The van der Waals surface area contributed by atoms with Crippen molar-refractivity contribution in [3.05, 3.63) is 41.3 Å². The van der Waals surface area contributed by atoms with Crippen molar-refractivity contribution in [3.63, 3.8) is 0 Å². The quantitative estimate of drug-likeness (QED) is 0.829. The fourth-order valence-electron chi connectivity index (χ4n) is 4.63. The maximum absolute atomic E-state index is 13.9. The van der Waals surface area contributed by atoms with E-state index in [4.69, 9.17) is 10.7 Å². The molecule has 148 valence electrons. The SMILES string of the molecule is CCNc1nc(N2CCC(N)C2)ncc1CN1CC2(CC2)c2ccc(F)cc21. The molecule has 1 unspecified atom stereocenters. The van der Waals surface area contributed by atoms with E-state index in [1.165, 1.54) is 18.4 Å². The van der Waals surface area contributed by atoms with E-state index in [0.717, 1.165) is 55.6 Å². The Morgan fingerprint density at radius 2 is 2.21 bits per heavy atom. The van der Waals surface area contributed by atoms with Crippen LogP contribution in [0.15, 0.2) is 24.4 Å². The number of halogens is 1. The van der Waals surface area contributed by atoms with Crippen LogP contribution < -0.4 is 20.9 Å². The summed E-state index contributed by atoms with van der Waals surface area (Å²) in [6, 6.07) is 5.43. The number of fused-ring (bicyclic) bond motifs is 2. The van der Waals surface area contributed by atoms with E-state index in [1.54, 1.807) is 12.1 Å². The van der Waals surface area contributed by atoms with E-state index in [2.05, 4.69) is 27.0 Å². The highest BCUT2D eigenvalue weighted by molar-refractivity contribution is 5.66. The van der Waals surface area contributed by atoms with E-state index >= 15 is 0 Å². The third kappa shape index (κ3) is 2.98. The average Bonchev–Trinajstić information content (AvgIpc) is 3.22. The monoisotopic (exact) mass is 382 g/mol. The molecule has 2 fully saturated rings. The van der Waals surface area contributed by atoms with Gasteiger partial charge in [0.15, 0.2) is 0 Å². The molecule has 3 aliphatic rings. The zero-order chi connectivity index (χ0) is 19.3. The molecule has 1 aromatic heterocycles. The molecule has 1 saturated heterocycles. The average molecular weight is 382 g/mol. The first-order chi connectivity index (χ1) is 13.6. The summed E-state index contributed by atoms with van der Waals surface area (Å²) in [7, 11) is 0. The highest BCUT2D eigenvalue weighted by atomic mass is 19.1. The highest BCUT2D eigenvalue weighted by Crippen LogP contribution is 2.56. The van der Waals surface area contributed by atoms with Gasteiger partial charge in [-0.05, 0) is 43.9 Å². The van der Waals surface area contributed by atoms with Crippen LogP contribution >= 0.6 is 0 Å². The lowest BCUT2D eigenvalue weighted by Gasteiger charge is -2.23. The van der Waals surface area contributed by atoms with Crippen LogP contribution in [0.25, 0.3) is 0 Å². The lowest BCUT2D eigenvalue weighted by Crippen LogP contribution is -2.28. The predicted molar refractivity (Wildman–Crippen MR) is 109 cm³/mol. The molecule has 2 aromatic rings. The van der Waals surface area contributed by atoms with Gasteiger partial charge in [0.25, 0.3) is 0 Å². The van der Waals surface area contributed by atoms with Crippen LogP contribution in [-0.2, 0) is 12.0 Å². The Bertz CT molecular complexity index is 896. The lowest BCUT2D eigenvalue weighted by atomic mass is 9.99. The Hall–Kier alpha value is -2.41. The first-order valence-electron chi connectivity index (χ1n) is 10.2. The van der Waals surface area contributed by atoms with Crippen LogP contribution in [0.1, 0.15) is 37.3 Å². The van der Waals surface area contributed by atoms with Gasteiger partial charge in [-0.1, -0.05) is 6.07 Å². The van der Waals surface area contributed by atoms with Crippen molar-refractivity contribution in [1.29, 1.82) is 0 Å². The van der Waals surface area contributed by atoms with E-state index in [1.807, 2.05) is 12.3 Å². The maximum atomic E-state index is 13.9. The van der Waals surface area contributed by atoms with Crippen LogP contribution in [-0.4, -0.2) is 42.2 Å². The van der Waals surface area contributed by atoms with Gasteiger partial charge in [-0.3, -0.25) is 0 Å². The number of nitrogens with zero attached hydrogens (tertiary/aromatic N) is 4. The lowest BCUT2D eigenvalue weighted by molar-refractivity contribution is 0.627. The molecule has 5 rings (SSSR count). The van der Waals surface area contributed by atoms with E-state index in [9.17, 15) is 4.39 Å². The van der Waals surface area contributed by atoms with E-state index in [0.29, 0.717) is 6.54 Å². The van der Waals surface area contributed by atoms with Crippen molar-refractivity contribution in [2.75, 3.05) is 41.3 Å². The van der Waals surface area contributed by atoms with Crippen LogP contribution in [0, 0.1) is 5.82 Å². The minimum Gasteiger partial charge on any atom is -0.370 e. The van der Waals surface area contributed by atoms with Crippen LogP contribution in [0.2, 0.25) is 0 Å². The van der Waals surface area contributed by atoms with Gasteiger partial charge in [0.1, 0.15) is 11.6 Å². The molecule has 6 nitrogen and oxygen atoms in total. The van der Waals surface area contributed by atoms with Gasteiger partial charge in [-0.2, -0.15) is 4.98 Å². The van der Waals surface area contributed by atoms with E-state index < -0.39 is 0 Å². The third-order valence-electron chi connectivity index (χ3n) is 6.28. The van der Waals surface area contributed by atoms with Gasteiger partial charge in [0, 0.05) is 61.6 Å². The summed E-state index contributed by atoms with van der Waals surface area (Å²) >= 11 is 0. The molecule has 1 saturated carbocycles. The second-order valence-electron chi connectivity index (χ2n) is 8.37. The van der Waals surface area contributed by atoms with Crippen molar-refractivity contribution in [2.45, 2.75) is 44.2 Å². The largest absolute Gasteiger partial charge is 0.370 e. The number of nitrogens with two attached hydrogens (primary N) is 1. The minimum atomic E-state index is -0.176. The van der Waals surface area contributed by atoms with Gasteiger partial charge >= 0.3 is 0 Å². The molecule has 1 atom stereocenters. The topological polar surface area (TPSA) is 70.3 Å².